The van der Waals surface area contributed by atoms with Gasteiger partial charge in [-0.05, 0) is 26.0 Å². The first-order valence-corrected chi connectivity index (χ1v) is 5.54. The van der Waals surface area contributed by atoms with E-state index in [9.17, 15) is 4.79 Å². The molecule has 0 aliphatic heterocycles. The molecule has 90 valence electrons. The molecule has 1 aromatic carbocycles. The van der Waals surface area contributed by atoms with Crippen LogP contribution in [0, 0.1) is 0 Å². The molecule has 0 fully saturated rings. The zero-order valence-corrected chi connectivity index (χ0v) is 10.2. The third-order valence-corrected chi connectivity index (χ3v) is 2.60. The predicted molar refractivity (Wildman–Crippen MR) is 66.2 cm³/mol. The van der Waals surface area contributed by atoms with E-state index < -0.39 is 5.97 Å². The standard InChI is InChI=1S/C12H12ClNO3/c1-6(2)17-12(15)8-5-9(13)7-3-4-16-11(7)10(8)14/h3-6H,14H2,1-2H3. The van der Waals surface area contributed by atoms with Gasteiger partial charge >= 0.3 is 5.97 Å². The molecule has 0 amide bonds. The summed E-state index contributed by atoms with van der Waals surface area (Å²) in [5.41, 5.74) is 6.74. The fourth-order valence-corrected chi connectivity index (χ4v) is 1.81. The lowest BCUT2D eigenvalue weighted by Gasteiger charge is -2.10. The van der Waals surface area contributed by atoms with E-state index in [4.69, 9.17) is 26.5 Å². The monoisotopic (exact) mass is 253 g/mol. The Hall–Kier alpha value is -1.68. The van der Waals surface area contributed by atoms with Crippen LogP contribution in [0.15, 0.2) is 22.8 Å². The van der Waals surface area contributed by atoms with Crippen molar-refractivity contribution in [1.29, 1.82) is 0 Å². The van der Waals surface area contributed by atoms with Crippen LogP contribution in [0.25, 0.3) is 11.0 Å². The second-order valence-corrected chi connectivity index (χ2v) is 4.34. The van der Waals surface area contributed by atoms with Gasteiger partial charge in [-0.3, -0.25) is 0 Å². The van der Waals surface area contributed by atoms with E-state index in [2.05, 4.69) is 0 Å². The smallest absolute Gasteiger partial charge is 0.340 e. The molecular formula is C12H12ClNO3. The number of hydrogen-bond donors (Lipinski definition) is 1. The van der Waals surface area contributed by atoms with Crippen molar-refractivity contribution in [1.82, 2.24) is 0 Å². The van der Waals surface area contributed by atoms with Crippen molar-refractivity contribution in [2.45, 2.75) is 20.0 Å². The summed E-state index contributed by atoms with van der Waals surface area (Å²) in [5.74, 6) is -0.502. The van der Waals surface area contributed by atoms with Gasteiger partial charge in [-0.25, -0.2) is 4.79 Å². The van der Waals surface area contributed by atoms with Crippen LogP contribution in [0.2, 0.25) is 5.02 Å². The molecule has 4 nitrogen and oxygen atoms in total. The zero-order valence-electron chi connectivity index (χ0n) is 9.49. The summed E-state index contributed by atoms with van der Waals surface area (Å²) < 4.78 is 10.3. The number of fused-ring (bicyclic) bond motifs is 1. The highest BCUT2D eigenvalue weighted by Crippen LogP contribution is 2.32. The lowest BCUT2D eigenvalue weighted by atomic mass is 10.1. The number of benzene rings is 1. The van der Waals surface area contributed by atoms with Crippen LogP contribution in [0.5, 0.6) is 0 Å². The van der Waals surface area contributed by atoms with Gasteiger partial charge in [-0.2, -0.15) is 0 Å². The Kier molecular flexibility index (Phi) is 2.98. The molecule has 0 radical (unpaired) electrons. The number of hydrogen-bond acceptors (Lipinski definition) is 4. The van der Waals surface area contributed by atoms with Crippen LogP contribution in [0.3, 0.4) is 0 Å². The van der Waals surface area contributed by atoms with Crippen LogP contribution in [-0.2, 0) is 4.74 Å². The normalized spacial score (nSPS) is 11.1. The fourth-order valence-electron chi connectivity index (χ4n) is 1.56. The molecule has 17 heavy (non-hydrogen) atoms. The van der Waals surface area contributed by atoms with Crippen molar-refractivity contribution in [3.8, 4) is 0 Å². The van der Waals surface area contributed by atoms with E-state index in [1.165, 1.54) is 12.3 Å². The molecule has 2 aromatic rings. The van der Waals surface area contributed by atoms with Crippen molar-refractivity contribution in [2.24, 2.45) is 0 Å². The molecule has 0 aliphatic rings. The van der Waals surface area contributed by atoms with Crippen LogP contribution in [0.4, 0.5) is 5.69 Å². The van der Waals surface area contributed by atoms with Gasteiger partial charge in [0, 0.05) is 5.39 Å². The SMILES string of the molecule is CC(C)OC(=O)c1cc(Cl)c2ccoc2c1N. The molecule has 2 rings (SSSR count). The third-order valence-electron chi connectivity index (χ3n) is 2.29. The Bertz CT molecular complexity index is 574. The molecular weight excluding hydrogens is 242 g/mol. The Morgan fingerprint density at radius 2 is 2.24 bits per heavy atom. The Morgan fingerprint density at radius 3 is 2.88 bits per heavy atom. The molecule has 0 saturated heterocycles. The summed E-state index contributed by atoms with van der Waals surface area (Å²) in [5, 5.41) is 1.10. The zero-order chi connectivity index (χ0) is 12.6. The summed E-state index contributed by atoms with van der Waals surface area (Å²) in [6.07, 6.45) is 1.26. The van der Waals surface area contributed by atoms with Gasteiger partial charge in [0.05, 0.1) is 28.6 Å². The van der Waals surface area contributed by atoms with E-state index in [1.54, 1.807) is 19.9 Å². The largest absolute Gasteiger partial charge is 0.462 e. The van der Waals surface area contributed by atoms with E-state index in [0.717, 1.165) is 0 Å². The lowest BCUT2D eigenvalue weighted by Crippen LogP contribution is -2.13. The first-order valence-electron chi connectivity index (χ1n) is 5.17. The Morgan fingerprint density at radius 1 is 1.53 bits per heavy atom. The minimum Gasteiger partial charge on any atom is -0.462 e. The minimum atomic E-state index is -0.502. The van der Waals surface area contributed by atoms with Crippen molar-refractivity contribution in [3.63, 3.8) is 0 Å². The Labute approximate surface area is 103 Å². The fraction of sp³-hybridized carbons (Fsp3) is 0.250. The van der Waals surface area contributed by atoms with Crippen LogP contribution >= 0.6 is 11.6 Å². The highest BCUT2D eigenvalue weighted by Gasteiger charge is 2.18. The average molecular weight is 254 g/mol. The van der Waals surface area contributed by atoms with Crippen LogP contribution in [-0.4, -0.2) is 12.1 Å². The molecule has 5 heteroatoms. The maximum absolute atomic E-state index is 11.8. The molecule has 1 heterocycles. The summed E-state index contributed by atoms with van der Waals surface area (Å²) in [6, 6.07) is 3.20. The van der Waals surface area contributed by atoms with Gasteiger partial charge in [0.15, 0.2) is 5.58 Å². The number of halogens is 1. The number of nitrogen functional groups attached to an aromatic ring is 1. The first-order chi connectivity index (χ1) is 8.00. The van der Waals surface area contributed by atoms with Crippen molar-refractivity contribution < 1.29 is 13.9 Å². The van der Waals surface area contributed by atoms with Crippen molar-refractivity contribution >= 4 is 34.2 Å². The van der Waals surface area contributed by atoms with Gasteiger partial charge in [0.2, 0.25) is 0 Å². The number of furan rings is 1. The summed E-state index contributed by atoms with van der Waals surface area (Å²) >= 11 is 6.03. The highest BCUT2D eigenvalue weighted by atomic mass is 35.5. The molecule has 0 saturated carbocycles. The minimum absolute atomic E-state index is 0.215. The van der Waals surface area contributed by atoms with E-state index in [-0.39, 0.29) is 17.4 Å². The average Bonchev–Trinajstić information content (AvgIpc) is 2.71. The number of ether oxygens (including phenoxy) is 1. The summed E-state index contributed by atoms with van der Waals surface area (Å²) in [6.45, 7) is 3.53. The van der Waals surface area contributed by atoms with E-state index >= 15 is 0 Å². The van der Waals surface area contributed by atoms with Crippen LogP contribution < -0.4 is 5.73 Å². The van der Waals surface area contributed by atoms with Crippen molar-refractivity contribution in [3.05, 3.63) is 29.0 Å². The molecule has 0 bridgehead atoms. The number of carbonyl (C=O) groups is 1. The third kappa shape index (κ3) is 2.08. The van der Waals surface area contributed by atoms with Gasteiger partial charge in [-0.15, -0.1) is 0 Å². The maximum atomic E-state index is 11.8. The molecule has 0 atom stereocenters. The summed E-state index contributed by atoms with van der Waals surface area (Å²) in [7, 11) is 0. The topological polar surface area (TPSA) is 65.5 Å². The van der Waals surface area contributed by atoms with E-state index in [1.807, 2.05) is 0 Å². The molecule has 2 N–H and O–H groups in total. The maximum Gasteiger partial charge on any atom is 0.340 e. The van der Waals surface area contributed by atoms with Gasteiger partial charge in [0.1, 0.15) is 0 Å². The van der Waals surface area contributed by atoms with E-state index in [0.29, 0.717) is 16.0 Å². The molecule has 0 aliphatic carbocycles. The quantitative estimate of drug-likeness (QED) is 0.659. The molecule has 0 spiro atoms. The van der Waals surface area contributed by atoms with Gasteiger partial charge in [0.25, 0.3) is 0 Å². The Balaban J connectivity index is 2.54. The van der Waals surface area contributed by atoms with Crippen LogP contribution in [0.1, 0.15) is 24.2 Å². The number of nitrogens with two attached hydrogens (primary N) is 1. The second-order valence-electron chi connectivity index (χ2n) is 3.94. The number of rotatable bonds is 2. The second kappa shape index (κ2) is 4.30. The lowest BCUT2D eigenvalue weighted by molar-refractivity contribution is 0.0379. The van der Waals surface area contributed by atoms with Crippen molar-refractivity contribution in [2.75, 3.05) is 5.73 Å². The van der Waals surface area contributed by atoms with Gasteiger partial charge in [-0.1, -0.05) is 11.6 Å². The number of carbonyl (C=O) groups excluding carboxylic acids is 1. The molecule has 0 unspecified atom stereocenters. The number of anilines is 1. The number of esters is 1. The summed E-state index contributed by atoms with van der Waals surface area (Å²) in [4.78, 5) is 11.8. The highest BCUT2D eigenvalue weighted by molar-refractivity contribution is 6.36. The molecule has 1 aromatic heterocycles. The van der Waals surface area contributed by atoms with Gasteiger partial charge < -0.3 is 14.9 Å². The predicted octanol–water partition coefficient (Wildman–Crippen LogP) is 3.23. The first kappa shape index (κ1) is 11.8.